The van der Waals surface area contributed by atoms with Crippen LogP contribution in [-0.4, -0.2) is 21.2 Å². The van der Waals surface area contributed by atoms with Gasteiger partial charge in [0.1, 0.15) is 0 Å². The predicted octanol–water partition coefficient (Wildman–Crippen LogP) is 4.65. The smallest absolute Gasteiger partial charge is 0.234 e. The molecule has 24 heavy (non-hydrogen) atoms. The molecule has 0 saturated heterocycles. The molecule has 1 amide bonds. The van der Waals surface area contributed by atoms with Crippen molar-refractivity contribution >= 4 is 23.4 Å². The number of carbonyl (C=O) groups is 1. The van der Waals surface area contributed by atoms with Crippen LogP contribution in [-0.2, 0) is 11.3 Å². The Balaban J connectivity index is 2.00. The monoisotopic (exact) mass is 345 g/mol. The normalized spacial score (nSPS) is 10.9. The van der Waals surface area contributed by atoms with Gasteiger partial charge in [-0.3, -0.25) is 4.79 Å². The summed E-state index contributed by atoms with van der Waals surface area (Å²) in [5.41, 5.74) is 5.41. The molecule has 5 heteroatoms. The Labute approximate surface area is 149 Å². The number of anilines is 1. The number of unbranched alkanes of at least 4 members (excludes halogenated alkanes) is 1. The van der Waals surface area contributed by atoms with E-state index < -0.39 is 0 Å². The van der Waals surface area contributed by atoms with Gasteiger partial charge in [0.05, 0.1) is 11.4 Å². The van der Waals surface area contributed by atoms with Gasteiger partial charge in [0.15, 0.2) is 5.16 Å². The topological polar surface area (TPSA) is 46.9 Å². The van der Waals surface area contributed by atoms with Gasteiger partial charge in [0.25, 0.3) is 0 Å². The second-order valence-corrected chi connectivity index (χ2v) is 7.17. The average Bonchev–Trinajstić information content (AvgIpc) is 2.80. The molecule has 1 N–H and O–H groups in total. The van der Waals surface area contributed by atoms with E-state index in [0.717, 1.165) is 41.5 Å². The molecule has 0 aliphatic heterocycles. The lowest BCUT2D eigenvalue weighted by Gasteiger charge is -2.10. The number of hydrogen-bond donors (Lipinski definition) is 1. The van der Waals surface area contributed by atoms with Crippen molar-refractivity contribution in [3.8, 4) is 0 Å². The molecule has 1 heterocycles. The van der Waals surface area contributed by atoms with Crippen molar-refractivity contribution in [2.24, 2.45) is 0 Å². The zero-order valence-electron chi connectivity index (χ0n) is 15.3. The summed E-state index contributed by atoms with van der Waals surface area (Å²) in [4.78, 5) is 16.9. The van der Waals surface area contributed by atoms with Crippen LogP contribution in [0.3, 0.4) is 0 Å². The van der Waals surface area contributed by atoms with Gasteiger partial charge in [-0.2, -0.15) is 0 Å². The van der Waals surface area contributed by atoms with E-state index in [4.69, 9.17) is 0 Å². The maximum atomic E-state index is 12.3. The van der Waals surface area contributed by atoms with Crippen LogP contribution in [0.1, 0.15) is 42.3 Å². The molecule has 0 aliphatic carbocycles. The Morgan fingerprint density at radius 3 is 2.67 bits per heavy atom. The highest BCUT2D eigenvalue weighted by Crippen LogP contribution is 2.23. The lowest BCUT2D eigenvalue weighted by atomic mass is 10.1. The molecule has 0 atom stereocenters. The van der Waals surface area contributed by atoms with Crippen molar-refractivity contribution in [1.29, 1.82) is 0 Å². The molecule has 0 unspecified atom stereocenters. The first kappa shape index (κ1) is 18.6. The Bertz CT molecular complexity index is 722. The first-order valence-electron chi connectivity index (χ1n) is 8.46. The van der Waals surface area contributed by atoms with Gasteiger partial charge in [-0.1, -0.05) is 42.8 Å². The third-order valence-electron chi connectivity index (χ3n) is 4.15. The van der Waals surface area contributed by atoms with Crippen molar-refractivity contribution in [2.45, 2.75) is 59.2 Å². The standard InChI is InChI=1S/C19H27N3OS/c1-6-7-10-22-16(5)15(4)20-19(22)24-12-18(23)21-17-9-8-13(2)11-14(17)3/h8-9,11H,6-7,10,12H2,1-5H3,(H,21,23). The molecule has 0 fully saturated rings. The molecule has 2 rings (SSSR count). The van der Waals surface area contributed by atoms with Gasteiger partial charge in [-0.15, -0.1) is 0 Å². The molecule has 0 bridgehead atoms. The number of imidazole rings is 1. The summed E-state index contributed by atoms with van der Waals surface area (Å²) in [6.07, 6.45) is 2.27. The number of rotatable bonds is 7. The van der Waals surface area contributed by atoms with Gasteiger partial charge in [-0.05, 0) is 45.7 Å². The Hall–Kier alpha value is -1.75. The highest BCUT2D eigenvalue weighted by atomic mass is 32.2. The molecule has 0 spiro atoms. The van der Waals surface area contributed by atoms with Crippen molar-refractivity contribution < 1.29 is 4.79 Å². The van der Waals surface area contributed by atoms with E-state index in [-0.39, 0.29) is 5.91 Å². The minimum Gasteiger partial charge on any atom is -0.325 e. The molecule has 0 radical (unpaired) electrons. The van der Waals surface area contributed by atoms with E-state index in [9.17, 15) is 4.79 Å². The summed E-state index contributed by atoms with van der Waals surface area (Å²) < 4.78 is 2.23. The predicted molar refractivity (Wildman–Crippen MR) is 102 cm³/mol. The van der Waals surface area contributed by atoms with Crippen LogP contribution in [0.25, 0.3) is 0 Å². The Morgan fingerprint density at radius 2 is 2.00 bits per heavy atom. The lowest BCUT2D eigenvalue weighted by Crippen LogP contribution is -2.15. The first-order valence-corrected chi connectivity index (χ1v) is 9.44. The minimum atomic E-state index is 0.00676. The summed E-state index contributed by atoms with van der Waals surface area (Å²) in [6, 6.07) is 6.05. The fourth-order valence-electron chi connectivity index (χ4n) is 2.58. The molecule has 2 aromatic rings. The first-order chi connectivity index (χ1) is 11.4. The molecule has 130 valence electrons. The fourth-order valence-corrected chi connectivity index (χ4v) is 3.50. The number of carbonyl (C=O) groups excluding carboxylic acids is 1. The lowest BCUT2D eigenvalue weighted by molar-refractivity contribution is -0.113. The summed E-state index contributed by atoms with van der Waals surface area (Å²) in [5.74, 6) is 0.377. The molecule has 1 aromatic heterocycles. The summed E-state index contributed by atoms with van der Waals surface area (Å²) >= 11 is 1.51. The van der Waals surface area contributed by atoms with E-state index >= 15 is 0 Å². The zero-order valence-corrected chi connectivity index (χ0v) is 16.1. The van der Waals surface area contributed by atoms with Crippen LogP contribution in [0.15, 0.2) is 23.4 Å². The Kier molecular flexibility index (Phi) is 6.49. The molecular formula is C19H27N3OS. The van der Waals surface area contributed by atoms with Crippen LogP contribution in [0.5, 0.6) is 0 Å². The summed E-state index contributed by atoms with van der Waals surface area (Å²) in [5, 5.41) is 3.93. The highest BCUT2D eigenvalue weighted by molar-refractivity contribution is 7.99. The van der Waals surface area contributed by atoms with Crippen LogP contribution in [0, 0.1) is 27.7 Å². The maximum Gasteiger partial charge on any atom is 0.234 e. The number of aryl methyl sites for hydroxylation is 3. The second kappa shape index (κ2) is 8.38. The minimum absolute atomic E-state index is 0.00676. The third-order valence-corrected chi connectivity index (χ3v) is 5.12. The van der Waals surface area contributed by atoms with E-state index in [0.29, 0.717) is 5.75 Å². The quantitative estimate of drug-likeness (QED) is 0.743. The molecule has 1 aromatic carbocycles. The molecule has 4 nitrogen and oxygen atoms in total. The molecule has 0 aliphatic rings. The van der Waals surface area contributed by atoms with Crippen LogP contribution < -0.4 is 5.32 Å². The number of benzene rings is 1. The number of amides is 1. The zero-order chi connectivity index (χ0) is 17.7. The average molecular weight is 346 g/mol. The molecular weight excluding hydrogens is 318 g/mol. The number of nitrogens with one attached hydrogen (secondary N) is 1. The number of nitrogens with zero attached hydrogens (tertiary/aromatic N) is 2. The van der Waals surface area contributed by atoms with Crippen molar-refractivity contribution in [3.63, 3.8) is 0 Å². The fraction of sp³-hybridized carbons (Fsp3) is 0.474. The van der Waals surface area contributed by atoms with Crippen molar-refractivity contribution in [1.82, 2.24) is 9.55 Å². The maximum absolute atomic E-state index is 12.3. The molecule has 0 saturated carbocycles. The van der Waals surface area contributed by atoms with E-state index in [2.05, 4.69) is 41.7 Å². The summed E-state index contributed by atoms with van der Waals surface area (Å²) in [6.45, 7) is 11.3. The number of hydrogen-bond acceptors (Lipinski definition) is 3. The van der Waals surface area contributed by atoms with Gasteiger partial charge in [0, 0.05) is 17.9 Å². The van der Waals surface area contributed by atoms with Gasteiger partial charge >= 0.3 is 0 Å². The van der Waals surface area contributed by atoms with Gasteiger partial charge < -0.3 is 9.88 Å². The third kappa shape index (κ3) is 4.63. The van der Waals surface area contributed by atoms with Crippen molar-refractivity contribution in [2.75, 3.05) is 11.1 Å². The number of thioether (sulfide) groups is 1. The van der Waals surface area contributed by atoms with E-state index in [1.54, 1.807) is 0 Å². The van der Waals surface area contributed by atoms with Crippen molar-refractivity contribution in [3.05, 3.63) is 40.7 Å². The van der Waals surface area contributed by atoms with Gasteiger partial charge in [-0.25, -0.2) is 4.98 Å². The largest absolute Gasteiger partial charge is 0.325 e. The highest BCUT2D eigenvalue weighted by Gasteiger charge is 2.13. The van der Waals surface area contributed by atoms with E-state index in [1.807, 2.05) is 26.0 Å². The Morgan fingerprint density at radius 1 is 1.25 bits per heavy atom. The number of aromatic nitrogens is 2. The van der Waals surface area contributed by atoms with Crippen LogP contribution in [0.4, 0.5) is 5.69 Å². The van der Waals surface area contributed by atoms with Gasteiger partial charge in [0.2, 0.25) is 5.91 Å². The van der Waals surface area contributed by atoms with Crippen LogP contribution >= 0.6 is 11.8 Å². The van der Waals surface area contributed by atoms with Crippen LogP contribution in [0.2, 0.25) is 0 Å². The van der Waals surface area contributed by atoms with E-state index in [1.165, 1.54) is 23.0 Å². The second-order valence-electron chi connectivity index (χ2n) is 6.23. The summed E-state index contributed by atoms with van der Waals surface area (Å²) in [7, 11) is 0. The SMILES string of the molecule is CCCCn1c(SCC(=O)Nc2ccc(C)cc2C)nc(C)c1C.